The highest BCUT2D eigenvalue weighted by molar-refractivity contribution is 5.19. The SMILES string of the molecule is COC1CCCC(Oc2cc(CO)ccn2)C1. The molecule has 1 heterocycles. The van der Waals surface area contributed by atoms with Crippen molar-refractivity contribution in [3.63, 3.8) is 0 Å². The summed E-state index contributed by atoms with van der Waals surface area (Å²) in [7, 11) is 1.75. The summed E-state index contributed by atoms with van der Waals surface area (Å²) in [5, 5.41) is 9.04. The molecule has 1 saturated carbocycles. The van der Waals surface area contributed by atoms with E-state index in [1.807, 2.05) is 0 Å². The van der Waals surface area contributed by atoms with Crippen molar-refractivity contribution >= 4 is 0 Å². The number of methoxy groups -OCH3 is 1. The Balaban J connectivity index is 1.95. The van der Waals surface area contributed by atoms with Crippen LogP contribution >= 0.6 is 0 Å². The maximum Gasteiger partial charge on any atom is 0.213 e. The van der Waals surface area contributed by atoms with Gasteiger partial charge in [0.15, 0.2) is 0 Å². The average molecular weight is 237 g/mol. The molecule has 0 spiro atoms. The molecule has 0 amide bonds. The van der Waals surface area contributed by atoms with Crippen LogP contribution in [0, 0.1) is 0 Å². The van der Waals surface area contributed by atoms with Crippen molar-refractivity contribution in [2.24, 2.45) is 0 Å². The van der Waals surface area contributed by atoms with Crippen molar-refractivity contribution in [3.05, 3.63) is 23.9 Å². The van der Waals surface area contributed by atoms with Gasteiger partial charge >= 0.3 is 0 Å². The number of aromatic nitrogens is 1. The predicted octanol–water partition coefficient (Wildman–Crippen LogP) is 1.91. The number of hydrogen-bond acceptors (Lipinski definition) is 4. The minimum absolute atomic E-state index is 0.0181. The van der Waals surface area contributed by atoms with E-state index in [-0.39, 0.29) is 12.7 Å². The Morgan fingerprint density at radius 3 is 3.00 bits per heavy atom. The number of aliphatic hydroxyl groups is 1. The third-order valence-corrected chi connectivity index (χ3v) is 3.18. The van der Waals surface area contributed by atoms with Gasteiger partial charge in [-0.25, -0.2) is 4.98 Å². The highest BCUT2D eigenvalue weighted by Gasteiger charge is 2.23. The lowest BCUT2D eigenvalue weighted by Crippen LogP contribution is -2.29. The van der Waals surface area contributed by atoms with Crippen LogP contribution in [0.1, 0.15) is 31.2 Å². The van der Waals surface area contributed by atoms with E-state index in [2.05, 4.69) is 4.98 Å². The average Bonchev–Trinajstić information content (AvgIpc) is 2.39. The van der Waals surface area contributed by atoms with Crippen molar-refractivity contribution in [2.45, 2.75) is 44.5 Å². The maximum absolute atomic E-state index is 9.04. The minimum Gasteiger partial charge on any atom is -0.474 e. The number of aliphatic hydroxyl groups excluding tert-OH is 1. The number of pyridine rings is 1. The van der Waals surface area contributed by atoms with Gasteiger partial charge in [0.05, 0.1) is 12.7 Å². The van der Waals surface area contributed by atoms with Gasteiger partial charge in [0.2, 0.25) is 5.88 Å². The topological polar surface area (TPSA) is 51.6 Å². The summed E-state index contributed by atoms with van der Waals surface area (Å²) in [6.45, 7) is 0.0181. The molecule has 0 saturated heterocycles. The van der Waals surface area contributed by atoms with Crippen molar-refractivity contribution in [1.29, 1.82) is 0 Å². The summed E-state index contributed by atoms with van der Waals surface area (Å²) in [5.41, 5.74) is 0.828. The van der Waals surface area contributed by atoms with E-state index < -0.39 is 0 Å². The van der Waals surface area contributed by atoms with E-state index in [9.17, 15) is 0 Å². The quantitative estimate of drug-likeness (QED) is 0.869. The van der Waals surface area contributed by atoms with Crippen LogP contribution in [0.15, 0.2) is 18.3 Å². The number of ether oxygens (including phenoxy) is 2. The largest absolute Gasteiger partial charge is 0.474 e. The summed E-state index contributed by atoms with van der Waals surface area (Å²) in [6, 6.07) is 3.57. The predicted molar refractivity (Wildman–Crippen MR) is 63.8 cm³/mol. The van der Waals surface area contributed by atoms with Crippen molar-refractivity contribution < 1.29 is 14.6 Å². The molecule has 4 heteroatoms. The zero-order valence-electron chi connectivity index (χ0n) is 10.1. The molecule has 4 nitrogen and oxygen atoms in total. The van der Waals surface area contributed by atoms with Crippen LogP contribution in [0.4, 0.5) is 0 Å². The lowest BCUT2D eigenvalue weighted by molar-refractivity contribution is 0.0194. The first-order valence-corrected chi connectivity index (χ1v) is 6.07. The molecule has 0 aliphatic heterocycles. The second-order valence-corrected chi connectivity index (χ2v) is 4.42. The van der Waals surface area contributed by atoms with E-state index in [1.165, 1.54) is 0 Å². The zero-order valence-corrected chi connectivity index (χ0v) is 10.1. The molecule has 1 aromatic rings. The van der Waals surface area contributed by atoms with Gasteiger partial charge in [0.25, 0.3) is 0 Å². The number of nitrogens with zero attached hydrogens (tertiary/aromatic N) is 1. The van der Waals surface area contributed by atoms with Crippen molar-refractivity contribution in [3.8, 4) is 5.88 Å². The van der Waals surface area contributed by atoms with Crippen LogP contribution in [-0.2, 0) is 11.3 Å². The van der Waals surface area contributed by atoms with Crippen LogP contribution in [0.3, 0.4) is 0 Å². The summed E-state index contributed by atoms with van der Waals surface area (Å²) >= 11 is 0. The molecule has 1 aromatic heterocycles. The van der Waals surface area contributed by atoms with Crippen molar-refractivity contribution in [2.75, 3.05) is 7.11 Å². The Morgan fingerprint density at radius 2 is 2.24 bits per heavy atom. The van der Waals surface area contributed by atoms with Gasteiger partial charge in [-0.3, -0.25) is 0 Å². The Bertz CT molecular complexity index is 356. The normalized spacial score (nSPS) is 24.6. The maximum atomic E-state index is 9.04. The third kappa shape index (κ3) is 3.41. The smallest absolute Gasteiger partial charge is 0.213 e. The molecular formula is C13H19NO3. The molecule has 1 aliphatic carbocycles. The molecule has 0 aromatic carbocycles. The summed E-state index contributed by atoms with van der Waals surface area (Å²) in [5.74, 6) is 0.596. The Morgan fingerprint density at radius 1 is 1.41 bits per heavy atom. The lowest BCUT2D eigenvalue weighted by atomic mass is 9.95. The van der Waals surface area contributed by atoms with Crippen molar-refractivity contribution in [1.82, 2.24) is 4.98 Å². The van der Waals surface area contributed by atoms with Crippen LogP contribution in [0.2, 0.25) is 0 Å². The Labute approximate surface area is 102 Å². The highest BCUT2D eigenvalue weighted by atomic mass is 16.5. The molecule has 1 aliphatic rings. The van der Waals surface area contributed by atoms with E-state index in [0.717, 1.165) is 31.2 Å². The van der Waals surface area contributed by atoms with Gasteiger partial charge in [-0.15, -0.1) is 0 Å². The molecule has 0 bridgehead atoms. The monoisotopic (exact) mass is 237 g/mol. The fraction of sp³-hybridized carbons (Fsp3) is 0.615. The van der Waals surface area contributed by atoms with Gasteiger partial charge in [0.1, 0.15) is 6.10 Å². The van der Waals surface area contributed by atoms with Gasteiger partial charge in [-0.1, -0.05) is 0 Å². The molecule has 17 heavy (non-hydrogen) atoms. The highest BCUT2D eigenvalue weighted by Crippen LogP contribution is 2.24. The van der Waals surface area contributed by atoms with Gasteiger partial charge < -0.3 is 14.6 Å². The van der Waals surface area contributed by atoms with Crippen LogP contribution < -0.4 is 4.74 Å². The molecule has 0 radical (unpaired) electrons. The van der Waals surface area contributed by atoms with Crippen LogP contribution in [0.5, 0.6) is 5.88 Å². The molecule has 2 atom stereocenters. The molecular weight excluding hydrogens is 218 g/mol. The Hall–Kier alpha value is -1.13. The first-order valence-electron chi connectivity index (χ1n) is 6.07. The standard InChI is InChI=1S/C13H19NO3/c1-16-11-3-2-4-12(8-11)17-13-7-10(9-15)5-6-14-13/h5-7,11-12,15H,2-4,8-9H2,1H3. The molecule has 94 valence electrons. The third-order valence-electron chi connectivity index (χ3n) is 3.18. The fourth-order valence-corrected chi connectivity index (χ4v) is 2.21. The summed E-state index contributed by atoms with van der Waals surface area (Å²) < 4.78 is 11.2. The fourth-order valence-electron chi connectivity index (χ4n) is 2.21. The molecule has 1 N–H and O–H groups in total. The molecule has 2 unspecified atom stereocenters. The second kappa shape index (κ2) is 5.98. The van der Waals surface area contributed by atoms with E-state index >= 15 is 0 Å². The minimum atomic E-state index is 0.0181. The molecule has 2 rings (SSSR count). The van der Waals surface area contributed by atoms with E-state index in [0.29, 0.717) is 12.0 Å². The van der Waals surface area contributed by atoms with Gasteiger partial charge in [-0.2, -0.15) is 0 Å². The summed E-state index contributed by atoms with van der Waals surface area (Å²) in [4.78, 5) is 4.16. The molecule has 1 fully saturated rings. The Kier molecular flexibility index (Phi) is 4.34. The number of hydrogen-bond donors (Lipinski definition) is 1. The number of rotatable bonds is 4. The second-order valence-electron chi connectivity index (χ2n) is 4.42. The van der Waals surface area contributed by atoms with Gasteiger partial charge in [0, 0.05) is 25.8 Å². The first kappa shape index (κ1) is 12.3. The lowest BCUT2D eigenvalue weighted by Gasteiger charge is -2.28. The van der Waals surface area contributed by atoms with Gasteiger partial charge in [-0.05, 0) is 30.9 Å². The van der Waals surface area contributed by atoms with E-state index in [1.54, 1.807) is 25.4 Å². The van der Waals surface area contributed by atoms with Crippen LogP contribution in [-0.4, -0.2) is 29.4 Å². The zero-order chi connectivity index (χ0) is 12.1. The van der Waals surface area contributed by atoms with Crippen LogP contribution in [0.25, 0.3) is 0 Å². The first-order chi connectivity index (χ1) is 8.31. The summed E-state index contributed by atoms with van der Waals surface area (Å²) in [6.07, 6.45) is 6.35. The van der Waals surface area contributed by atoms with E-state index in [4.69, 9.17) is 14.6 Å².